The van der Waals surface area contributed by atoms with E-state index in [1.165, 1.54) is 0 Å². The van der Waals surface area contributed by atoms with Gasteiger partial charge in [0, 0.05) is 6.04 Å². The molecule has 0 radical (unpaired) electrons. The average molecular weight is 295 g/mol. The Labute approximate surface area is 122 Å². The number of benzene rings is 1. The topological polar surface area (TPSA) is 46.2 Å². The number of sulfone groups is 1. The summed E-state index contributed by atoms with van der Waals surface area (Å²) in [5.41, 5.74) is 2.01. The fourth-order valence-electron chi connectivity index (χ4n) is 2.91. The molecule has 1 aliphatic carbocycles. The van der Waals surface area contributed by atoms with Crippen LogP contribution in [0.25, 0.3) is 0 Å². The predicted octanol–water partition coefficient (Wildman–Crippen LogP) is 2.83. The Morgan fingerprint density at radius 3 is 2.70 bits per heavy atom. The molecule has 0 bridgehead atoms. The monoisotopic (exact) mass is 295 g/mol. The molecular weight excluding hydrogens is 270 g/mol. The maximum absolute atomic E-state index is 12.5. The Hall–Kier alpha value is -0.870. The highest BCUT2D eigenvalue weighted by Gasteiger charge is 2.33. The summed E-state index contributed by atoms with van der Waals surface area (Å²) in [6.45, 7) is 5.09. The summed E-state index contributed by atoms with van der Waals surface area (Å²) in [6.07, 6.45) is 3.65. The van der Waals surface area contributed by atoms with E-state index in [0.717, 1.165) is 43.4 Å². The number of aryl methyl sites for hydroxylation is 1. The van der Waals surface area contributed by atoms with Crippen LogP contribution in [0, 0.1) is 6.92 Å². The Morgan fingerprint density at radius 1 is 1.25 bits per heavy atom. The lowest BCUT2D eigenvalue weighted by Crippen LogP contribution is -2.29. The molecule has 0 aromatic heterocycles. The second-order valence-corrected chi connectivity index (χ2v) is 8.10. The lowest BCUT2D eigenvalue weighted by molar-refractivity contribution is 0.520. The van der Waals surface area contributed by atoms with E-state index in [9.17, 15) is 8.42 Å². The zero-order valence-electron chi connectivity index (χ0n) is 12.4. The van der Waals surface area contributed by atoms with E-state index in [1.807, 2.05) is 31.2 Å². The van der Waals surface area contributed by atoms with Crippen molar-refractivity contribution in [2.75, 3.05) is 6.54 Å². The maximum atomic E-state index is 12.5. The average Bonchev–Trinajstić information content (AvgIpc) is 2.88. The van der Waals surface area contributed by atoms with Crippen LogP contribution in [0.2, 0.25) is 0 Å². The normalized spacial score (nSPS) is 23.1. The minimum atomic E-state index is -3.03. The van der Waals surface area contributed by atoms with Crippen molar-refractivity contribution in [3.8, 4) is 0 Å². The van der Waals surface area contributed by atoms with Gasteiger partial charge >= 0.3 is 0 Å². The molecule has 0 heterocycles. The highest BCUT2D eigenvalue weighted by Crippen LogP contribution is 2.28. The second kappa shape index (κ2) is 6.72. The molecule has 3 nitrogen and oxygen atoms in total. The Kier molecular flexibility index (Phi) is 5.22. The molecule has 4 heteroatoms. The van der Waals surface area contributed by atoms with Crippen molar-refractivity contribution in [1.29, 1.82) is 0 Å². The molecule has 2 rings (SSSR count). The van der Waals surface area contributed by atoms with Crippen molar-refractivity contribution >= 4 is 9.84 Å². The molecule has 1 saturated carbocycles. The van der Waals surface area contributed by atoms with E-state index in [0.29, 0.717) is 6.04 Å². The largest absolute Gasteiger partial charge is 0.314 e. The van der Waals surface area contributed by atoms with E-state index in [2.05, 4.69) is 12.2 Å². The first-order chi connectivity index (χ1) is 9.53. The zero-order chi connectivity index (χ0) is 14.6. The summed E-state index contributed by atoms with van der Waals surface area (Å²) in [5.74, 6) is 0.185. The van der Waals surface area contributed by atoms with Gasteiger partial charge in [-0.3, -0.25) is 0 Å². The van der Waals surface area contributed by atoms with E-state index in [4.69, 9.17) is 0 Å². The summed E-state index contributed by atoms with van der Waals surface area (Å²) in [6, 6.07) is 8.15. The maximum Gasteiger partial charge on any atom is 0.157 e. The molecule has 1 N–H and O–H groups in total. The van der Waals surface area contributed by atoms with Crippen molar-refractivity contribution in [2.24, 2.45) is 0 Å². The number of nitrogens with one attached hydrogen (secondary N) is 1. The summed E-state index contributed by atoms with van der Waals surface area (Å²) >= 11 is 0. The smallest absolute Gasteiger partial charge is 0.157 e. The van der Waals surface area contributed by atoms with Gasteiger partial charge in [0.15, 0.2) is 9.84 Å². The molecule has 0 amide bonds. The van der Waals surface area contributed by atoms with Gasteiger partial charge in [-0.15, -0.1) is 0 Å². The van der Waals surface area contributed by atoms with Crippen LogP contribution in [0.15, 0.2) is 24.3 Å². The van der Waals surface area contributed by atoms with Gasteiger partial charge in [0.05, 0.1) is 11.0 Å². The summed E-state index contributed by atoms with van der Waals surface area (Å²) in [7, 11) is -3.03. The molecular formula is C16H25NO2S. The summed E-state index contributed by atoms with van der Waals surface area (Å²) < 4.78 is 25.1. The van der Waals surface area contributed by atoms with Gasteiger partial charge in [0.1, 0.15) is 0 Å². The van der Waals surface area contributed by atoms with E-state index in [-0.39, 0.29) is 11.0 Å². The fraction of sp³-hybridized carbons (Fsp3) is 0.625. The Balaban J connectivity index is 2.00. The third-order valence-corrected chi connectivity index (χ3v) is 6.35. The standard InChI is InChI=1S/C16H25NO2S/c1-3-10-17-15-8-9-16(11-15)20(18,19)12-14-7-5-4-6-13(14)2/h4-7,15-17H,3,8-12H2,1-2H3. The molecule has 1 aliphatic rings. The fourth-order valence-corrected chi connectivity index (χ4v) is 4.92. The molecule has 0 aliphatic heterocycles. The summed E-state index contributed by atoms with van der Waals surface area (Å²) in [4.78, 5) is 0. The first-order valence-corrected chi connectivity index (χ1v) is 9.24. The van der Waals surface area contributed by atoms with Crippen molar-refractivity contribution in [1.82, 2.24) is 5.32 Å². The molecule has 2 unspecified atom stereocenters. The van der Waals surface area contributed by atoms with E-state index in [1.54, 1.807) is 0 Å². The van der Waals surface area contributed by atoms with Crippen LogP contribution in [0.4, 0.5) is 0 Å². The van der Waals surface area contributed by atoms with Crippen LogP contribution in [-0.2, 0) is 15.6 Å². The van der Waals surface area contributed by atoms with Crippen LogP contribution in [-0.4, -0.2) is 26.3 Å². The quantitative estimate of drug-likeness (QED) is 0.878. The van der Waals surface area contributed by atoms with E-state index >= 15 is 0 Å². The van der Waals surface area contributed by atoms with Gasteiger partial charge in [-0.05, 0) is 50.3 Å². The minimum Gasteiger partial charge on any atom is -0.314 e. The van der Waals surface area contributed by atoms with Crippen LogP contribution in [0.1, 0.15) is 43.7 Å². The van der Waals surface area contributed by atoms with Gasteiger partial charge in [-0.2, -0.15) is 0 Å². The molecule has 1 aromatic rings. The lowest BCUT2D eigenvalue weighted by Gasteiger charge is -2.14. The van der Waals surface area contributed by atoms with Crippen LogP contribution in [0.3, 0.4) is 0 Å². The SMILES string of the molecule is CCCNC1CCC(S(=O)(=O)Cc2ccccc2C)C1. The van der Waals surface area contributed by atoms with Gasteiger partial charge in [0.25, 0.3) is 0 Å². The van der Waals surface area contributed by atoms with Crippen molar-refractivity contribution < 1.29 is 8.42 Å². The lowest BCUT2D eigenvalue weighted by atomic mass is 10.1. The van der Waals surface area contributed by atoms with Crippen LogP contribution in [0.5, 0.6) is 0 Å². The molecule has 0 saturated heterocycles. The molecule has 112 valence electrons. The third kappa shape index (κ3) is 3.83. The zero-order valence-corrected chi connectivity index (χ0v) is 13.2. The van der Waals surface area contributed by atoms with Crippen LogP contribution < -0.4 is 5.32 Å². The highest BCUT2D eigenvalue weighted by atomic mass is 32.2. The van der Waals surface area contributed by atoms with Crippen LogP contribution >= 0.6 is 0 Å². The van der Waals surface area contributed by atoms with Gasteiger partial charge in [-0.25, -0.2) is 8.42 Å². The first kappa shape index (κ1) is 15.5. The van der Waals surface area contributed by atoms with Gasteiger partial charge in [0.2, 0.25) is 0 Å². The minimum absolute atomic E-state index is 0.170. The summed E-state index contributed by atoms with van der Waals surface area (Å²) in [5, 5.41) is 3.27. The van der Waals surface area contributed by atoms with Crippen molar-refractivity contribution in [3.63, 3.8) is 0 Å². The van der Waals surface area contributed by atoms with Crippen molar-refractivity contribution in [2.45, 2.75) is 56.6 Å². The first-order valence-electron chi connectivity index (χ1n) is 7.52. The highest BCUT2D eigenvalue weighted by molar-refractivity contribution is 7.91. The molecule has 2 atom stereocenters. The van der Waals surface area contributed by atoms with Gasteiger partial charge < -0.3 is 5.32 Å². The predicted molar refractivity (Wildman–Crippen MR) is 83.5 cm³/mol. The van der Waals surface area contributed by atoms with E-state index < -0.39 is 9.84 Å². The number of hydrogen-bond donors (Lipinski definition) is 1. The molecule has 1 aromatic carbocycles. The Morgan fingerprint density at radius 2 is 2.00 bits per heavy atom. The van der Waals surface area contributed by atoms with Gasteiger partial charge in [-0.1, -0.05) is 31.2 Å². The second-order valence-electron chi connectivity index (χ2n) is 5.82. The Bertz CT molecular complexity index is 539. The molecule has 20 heavy (non-hydrogen) atoms. The third-order valence-electron chi connectivity index (χ3n) is 4.19. The molecule has 0 spiro atoms. The van der Waals surface area contributed by atoms with Crippen molar-refractivity contribution in [3.05, 3.63) is 35.4 Å². The number of hydrogen-bond acceptors (Lipinski definition) is 3. The number of rotatable bonds is 6. The molecule has 1 fully saturated rings.